The van der Waals surface area contributed by atoms with Crippen molar-refractivity contribution in [2.24, 2.45) is 5.92 Å². The van der Waals surface area contributed by atoms with Gasteiger partial charge in [-0.25, -0.2) is 9.59 Å². The van der Waals surface area contributed by atoms with Crippen LogP contribution >= 0.6 is 0 Å². The first-order chi connectivity index (χ1) is 8.25. The van der Waals surface area contributed by atoms with Crippen LogP contribution in [0, 0.1) is 5.92 Å². The molecule has 0 aliphatic carbocycles. The van der Waals surface area contributed by atoms with E-state index >= 15 is 0 Å². The van der Waals surface area contributed by atoms with Crippen molar-refractivity contribution < 1.29 is 19.8 Å². The minimum Gasteiger partial charge on any atom is -0.479 e. The van der Waals surface area contributed by atoms with Gasteiger partial charge in [-0.2, -0.15) is 0 Å². The average Bonchev–Trinajstić information content (AvgIpc) is 2.26. The SMILES string of the molecule is CC(C)CC(C)N(C)C(=O)NCC[C@H](O)C(=O)O. The Hall–Kier alpha value is -1.30. The Balaban J connectivity index is 3.98. The van der Waals surface area contributed by atoms with Gasteiger partial charge in [0.1, 0.15) is 0 Å². The Kier molecular flexibility index (Phi) is 7.35. The monoisotopic (exact) mass is 260 g/mol. The maximum atomic E-state index is 11.7. The average molecular weight is 260 g/mol. The molecule has 0 saturated carbocycles. The van der Waals surface area contributed by atoms with Gasteiger partial charge in [-0.05, 0) is 19.3 Å². The molecule has 0 radical (unpaired) electrons. The summed E-state index contributed by atoms with van der Waals surface area (Å²) in [5.41, 5.74) is 0. The number of aliphatic carboxylic acids is 1. The summed E-state index contributed by atoms with van der Waals surface area (Å²) in [5, 5.41) is 20.1. The number of carboxylic acids is 1. The van der Waals surface area contributed by atoms with E-state index in [2.05, 4.69) is 19.2 Å². The van der Waals surface area contributed by atoms with Crippen LogP contribution in [0.15, 0.2) is 0 Å². The number of nitrogens with one attached hydrogen (secondary N) is 1. The number of aliphatic hydroxyl groups is 1. The van der Waals surface area contributed by atoms with Gasteiger partial charge in [0.25, 0.3) is 0 Å². The van der Waals surface area contributed by atoms with E-state index in [0.717, 1.165) is 6.42 Å². The van der Waals surface area contributed by atoms with Gasteiger partial charge in [0, 0.05) is 26.1 Å². The highest BCUT2D eigenvalue weighted by molar-refractivity contribution is 5.74. The quantitative estimate of drug-likeness (QED) is 0.634. The molecular weight excluding hydrogens is 236 g/mol. The molecule has 0 rings (SSSR count). The highest BCUT2D eigenvalue weighted by atomic mass is 16.4. The third-order valence-corrected chi connectivity index (χ3v) is 2.77. The molecule has 106 valence electrons. The van der Waals surface area contributed by atoms with Gasteiger partial charge in [-0.15, -0.1) is 0 Å². The lowest BCUT2D eigenvalue weighted by atomic mass is 10.0. The summed E-state index contributed by atoms with van der Waals surface area (Å²) in [5.74, 6) is -0.769. The van der Waals surface area contributed by atoms with E-state index in [9.17, 15) is 9.59 Å². The number of urea groups is 1. The molecule has 0 aliphatic rings. The van der Waals surface area contributed by atoms with Gasteiger partial charge in [0.15, 0.2) is 6.10 Å². The zero-order chi connectivity index (χ0) is 14.3. The Bertz CT molecular complexity index is 281. The van der Waals surface area contributed by atoms with Crippen molar-refractivity contribution in [3.63, 3.8) is 0 Å². The Morgan fingerprint density at radius 1 is 1.28 bits per heavy atom. The maximum Gasteiger partial charge on any atom is 0.332 e. The molecule has 1 unspecified atom stereocenters. The number of hydrogen-bond donors (Lipinski definition) is 3. The van der Waals surface area contributed by atoms with Crippen molar-refractivity contribution >= 4 is 12.0 Å². The lowest BCUT2D eigenvalue weighted by Gasteiger charge is -2.26. The molecule has 3 N–H and O–H groups in total. The second-order valence-corrected chi connectivity index (χ2v) is 4.96. The maximum absolute atomic E-state index is 11.7. The van der Waals surface area contributed by atoms with Crippen LogP contribution in [0.1, 0.15) is 33.6 Å². The van der Waals surface area contributed by atoms with Crippen molar-refractivity contribution in [3.8, 4) is 0 Å². The van der Waals surface area contributed by atoms with Gasteiger partial charge in [-0.3, -0.25) is 0 Å². The van der Waals surface area contributed by atoms with E-state index in [-0.39, 0.29) is 25.0 Å². The fourth-order valence-electron chi connectivity index (χ4n) is 1.60. The molecule has 2 amide bonds. The molecule has 0 aliphatic heterocycles. The van der Waals surface area contributed by atoms with Crippen LogP contribution in [0.5, 0.6) is 0 Å². The van der Waals surface area contributed by atoms with E-state index in [1.54, 1.807) is 11.9 Å². The van der Waals surface area contributed by atoms with Crippen LogP contribution in [0.3, 0.4) is 0 Å². The normalized spacial score (nSPS) is 14.1. The van der Waals surface area contributed by atoms with E-state index in [4.69, 9.17) is 10.2 Å². The van der Waals surface area contributed by atoms with E-state index < -0.39 is 12.1 Å². The van der Waals surface area contributed by atoms with Gasteiger partial charge >= 0.3 is 12.0 Å². The number of carbonyl (C=O) groups excluding carboxylic acids is 1. The predicted molar refractivity (Wildman–Crippen MR) is 68.3 cm³/mol. The third-order valence-electron chi connectivity index (χ3n) is 2.77. The zero-order valence-electron chi connectivity index (χ0n) is 11.5. The van der Waals surface area contributed by atoms with Crippen molar-refractivity contribution in [3.05, 3.63) is 0 Å². The fraction of sp³-hybridized carbons (Fsp3) is 0.833. The van der Waals surface area contributed by atoms with Crippen molar-refractivity contribution in [2.75, 3.05) is 13.6 Å². The molecule has 0 saturated heterocycles. The van der Waals surface area contributed by atoms with Crippen molar-refractivity contribution in [1.82, 2.24) is 10.2 Å². The number of hydrogen-bond acceptors (Lipinski definition) is 3. The van der Waals surface area contributed by atoms with Gasteiger partial charge < -0.3 is 20.4 Å². The van der Waals surface area contributed by atoms with Gasteiger partial charge in [0.2, 0.25) is 0 Å². The van der Waals surface area contributed by atoms with Crippen molar-refractivity contribution in [2.45, 2.75) is 45.8 Å². The van der Waals surface area contributed by atoms with Crippen LogP contribution in [0.25, 0.3) is 0 Å². The number of carbonyl (C=O) groups is 2. The van der Waals surface area contributed by atoms with E-state index in [0.29, 0.717) is 5.92 Å². The standard InChI is InChI=1S/C12H24N2O4/c1-8(2)7-9(3)14(4)12(18)13-6-5-10(15)11(16)17/h8-10,15H,5-7H2,1-4H3,(H,13,18)(H,16,17)/t9?,10-/m0/s1. The molecule has 0 bridgehead atoms. The lowest BCUT2D eigenvalue weighted by molar-refractivity contribution is -0.146. The second-order valence-electron chi connectivity index (χ2n) is 4.96. The fourth-order valence-corrected chi connectivity index (χ4v) is 1.60. The minimum absolute atomic E-state index is 0.00742. The van der Waals surface area contributed by atoms with Crippen molar-refractivity contribution in [1.29, 1.82) is 0 Å². The number of rotatable bonds is 7. The van der Waals surface area contributed by atoms with Gasteiger partial charge in [0.05, 0.1) is 0 Å². The molecule has 0 aromatic heterocycles. The first kappa shape index (κ1) is 16.7. The largest absolute Gasteiger partial charge is 0.479 e. The van der Waals surface area contributed by atoms with Crippen LogP contribution < -0.4 is 5.32 Å². The second kappa shape index (κ2) is 7.92. The Labute approximate surface area is 108 Å². The summed E-state index contributed by atoms with van der Waals surface area (Å²) < 4.78 is 0. The summed E-state index contributed by atoms with van der Waals surface area (Å²) in [6.07, 6.45) is -0.515. The topological polar surface area (TPSA) is 89.9 Å². The first-order valence-electron chi connectivity index (χ1n) is 6.17. The highest BCUT2D eigenvalue weighted by Crippen LogP contribution is 2.09. The van der Waals surface area contributed by atoms with Crippen LogP contribution in [0.2, 0.25) is 0 Å². The van der Waals surface area contributed by atoms with Crippen LogP contribution in [0.4, 0.5) is 4.79 Å². The summed E-state index contributed by atoms with van der Waals surface area (Å²) >= 11 is 0. The lowest BCUT2D eigenvalue weighted by Crippen LogP contribution is -2.43. The number of amides is 2. The molecule has 0 fully saturated rings. The molecule has 0 spiro atoms. The third kappa shape index (κ3) is 6.44. The number of nitrogens with zero attached hydrogens (tertiary/aromatic N) is 1. The number of carboxylic acid groups (broad SMARTS) is 1. The van der Waals surface area contributed by atoms with Gasteiger partial charge in [-0.1, -0.05) is 13.8 Å². The summed E-state index contributed by atoms with van der Waals surface area (Å²) in [6, 6.07) is -0.130. The number of aliphatic hydroxyl groups excluding tert-OH is 1. The summed E-state index contributed by atoms with van der Waals surface area (Å²) in [6.45, 7) is 6.29. The highest BCUT2D eigenvalue weighted by Gasteiger charge is 2.17. The van der Waals surface area contributed by atoms with E-state index in [1.165, 1.54) is 0 Å². The molecule has 0 aromatic carbocycles. The molecule has 0 aromatic rings. The smallest absolute Gasteiger partial charge is 0.332 e. The first-order valence-corrected chi connectivity index (χ1v) is 6.17. The summed E-state index contributed by atoms with van der Waals surface area (Å²) in [4.78, 5) is 23.7. The molecule has 6 heteroatoms. The van der Waals surface area contributed by atoms with E-state index in [1.807, 2.05) is 6.92 Å². The minimum atomic E-state index is -1.43. The molecule has 2 atom stereocenters. The molecule has 18 heavy (non-hydrogen) atoms. The molecule has 6 nitrogen and oxygen atoms in total. The van der Waals surface area contributed by atoms with Crippen LogP contribution in [-0.4, -0.2) is 52.9 Å². The van der Waals surface area contributed by atoms with Crippen LogP contribution in [-0.2, 0) is 4.79 Å². The molecule has 0 heterocycles. The Morgan fingerprint density at radius 3 is 2.28 bits per heavy atom. The zero-order valence-corrected chi connectivity index (χ0v) is 11.5. The predicted octanol–water partition coefficient (Wildman–Crippen LogP) is 0.898. The Morgan fingerprint density at radius 2 is 1.83 bits per heavy atom. The summed E-state index contributed by atoms with van der Waals surface area (Å²) in [7, 11) is 1.70. The molecular formula is C12H24N2O4.